The number of anilines is 3. The first-order chi connectivity index (χ1) is 10.1. The lowest BCUT2D eigenvalue weighted by atomic mass is 10.2. The molecule has 0 aliphatic carbocycles. The fourth-order valence-electron chi connectivity index (χ4n) is 1.91. The largest absolute Gasteiger partial charge is 0.382 e. The quantitative estimate of drug-likeness (QED) is 0.803. The van der Waals surface area contributed by atoms with Crippen molar-refractivity contribution in [1.82, 2.24) is 9.97 Å². The number of rotatable bonds is 6. The summed E-state index contributed by atoms with van der Waals surface area (Å²) in [5.41, 5.74) is 6.18. The molecule has 0 atom stereocenters. The number of hydrogen-bond donors (Lipinski definition) is 2. The molecule has 2 aromatic rings. The minimum Gasteiger partial charge on any atom is -0.382 e. The van der Waals surface area contributed by atoms with Gasteiger partial charge in [-0.3, -0.25) is 0 Å². The number of para-hydroxylation sites is 1. The average Bonchev–Trinajstić information content (AvgIpc) is 2.48. The van der Waals surface area contributed by atoms with Gasteiger partial charge in [0.15, 0.2) is 0 Å². The number of aromatic nitrogens is 2. The van der Waals surface area contributed by atoms with Crippen LogP contribution in [0.25, 0.3) is 0 Å². The minimum atomic E-state index is -0.223. The highest BCUT2D eigenvalue weighted by Crippen LogP contribution is 2.23. The lowest BCUT2D eigenvalue weighted by molar-refractivity contribution is 0.621. The summed E-state index contributed by atoms with van der Waals surface area (Å²) in [6, 6.07) is 6.70. The summed E-state index contributed by atoms with van der Waals surface area (Å²) in [5.74, 6) is 0.537. The Bertz CT molecular complexity index is 608. The predicted octanol–water partition coefficient (Wildman–Crippen LogP) is 2.79. The molecular weight excluding hydrogens is 293 g/mol. The molecule has 0 fully saturated rings. The molecule has 7 heteroatoms. The molecule has 1 aromatic carbocycles. The highest BCUT2D eigenvalue weighted by Gasteiger charge is 2.07. The molecule has 112 valence electrons. The van der Waals surface area contributed by atoms with Gasteiger partial charge in [-0.15, -0.1) is 0 Å². The van der Waals surface area contributed by atoms with E-state index in [0.29, 0.717) is 29.6 Å². The van der Waals surface area contributed by atoms with Crippen molar-refractivity contribution in [3.63, 3.8) is 0 Å². The normalized spacial score (nSPS) is 10.4. The molecular formula is C14H17ClFN5. The third-order valence-electron chi connectivity index (χ3n) is 3.04. The van der Waals surface area contributed by atoms with Crippen LogP contribution in [0.2, 0.25) is 5.02 Å². The summed E-state index contributed by atoms with van der Waals surface area (Å²) in [4.78, 5) is 9.68. The number of benzene rings is 1. The van der Waals surface area contributed by atoms with Gasteiger partial charge in [-0.25, -0.2) is 14.4 Å². The van der Waals surface area contributed by atoms with E-state index in [9.17, 15) is 4.39 Å². The van der Waals surface area contributed by atoms with Gasteiger partial charge in [0.25, 0.3) is 0 Å². The van der Waals surface area contributed by atoms with E-state index < -0.39 is 0 Å². The molecule has 0 unspecified atom stereocenters. The van der Waals surface area contributed by atoms with E-state index in [1.807, 2.05) is 18.0 Å². The SMILES string of the molecule is CN(CCCNc1ncnc(N)c1Cl)c1ccccc1F. The van der Waals surface area contributed by atoms with E-state index >= 15 is 0 Å². The number of nitrogens with one attached hydrogen (secondary N) is 1. The van der Waals surface area contributed by atoms with Crippen LogP contribution in [-0.4, -0.2) is 30.1 Å². The first kappa shape index (κ1) is 15.3. The lowest BCUT2D eigenvalue weighted by Crippen LogP contribution is -2.22. The van der Waals surface area contributed by atoms with Gasteiger partial charge in [-0.05, 0) is 18.6 Å². The van der Waals surface area contributed by atoms with Crippen LogP contribution in [0.3, 0.4) is 0 Å². The number of hydrogen-bond acceptors (Lipinski definition) is 5. The maximum Gasteiger partial charge on any atom is 0.150 e. The van der Waals surface area contributed by atoms with Gasteiger partial charge in [0.2, 0.25) is 0 Å². The number of nitrogens with two attached hydrogens (primary N) is 1. The molecule has 1 heterocycles. The third kappa shape index (κ3) is 3.95. The summed E-state index contributed by atoms with van der Waals surface area (Å²) in [7, 11) is 1.86. The van der Waals surface area contributed by atoms with Gasteiger partial charge in [0.05, 0.1) is 5.69 Å². The van der Waals surface area contributed by atoms with E-state index in [1.165, 1.54) is 12.4 Å². The second-order valence-electron chi connectivity index (χ2n) is 4.57. The van der Waals surface area contributed by atoms with Crippen LogP contribution in [0.1, 0.15) is 6.42 Å². The van der Waals surface area contributed by atoms with Crippen molar-refractivity contribution in [3.8, 4) is 0 Å². The van der Waals surface area contributed by atoms with Gasteiger partial charge >= 0.3 is 0 Å². The second kappa shape index (κ2) is 7.08. The smallest absolute Gasteiger partial charge is 0.150 e. The van der Waals surface area contributed by atoms with Crippen molar-refractivity contribution in [1.29, 1.82) is 0 Å². The average molecular weight is 310 g/mol. The molecule has 0 saturated carbocycles. The summed E-state index contributed by atoms with van der Waals surface area (Å²) < 4.78 is 13.6. The Kier molecular flexibility index (Phi) is 5.16. The van der Waals surface area contributed by atoms with E-state index in [-0.39, 0.29) is 11.6 Å². The molecule has 2 rings (SSSR count). The van der Waals surface area contributed by atoms with Crippen LogP contribution in [0.5, 0.6) is 0 Å². The van der Waals surface area contributed by atoms with Gasteiger partial charge in [-0.1, -0.05) is 23.7 Å². The Morgan fingerprint density at radius 1 is 1.33 bits per heavy atom. The molecule has 3 N–H and O–H groups in total. The highest BCUT2D eigenvalue weighted by atomic mass is 35.5. The molecule has 0 amide bonds. The number of nitrogen functional groups attached to an aromatic ring is 1. The fourth-order valence-corrected chi connectivity index (χ4v) is 2.08. The van der Waals surface area contributed by atoms with Crippen molar-refractivity contribution in [2.75, 3.05) is 36.1 Å². The molecule has 1 aromatic heterocycles. The Hall–Kier alpha value is -2.08. The Balaban J connectivity index is 1.82. The molecule has 0 saturated heterocycles. The van der Waals surface area contributed by atoms with Crippen LogP contribution in [-0.2, 0) is 0 Å². The summed E-state index contributed by atoms with van der Waals surface area (Å²) in [5, 5.41) is 3.41. The Morgan fingerprint density at radius 3 is 2.86 bits per heavy atom. The molecule has 0 bridgehead atoms. The Labute approximate surface area is 128 Å². The molecule has 0 aliphatic rings. The predicted molar refractivity (Wildman–Crippen MR) is 84.2 cm³/mol. The number of halogens is 2. The highest BCUT2D eigenvalue weighted by molar-refractivity contribution is 6.35. The van der Waals surface area contributed by atoms with E-state index in [1.54, 1.807) is 12.1 Å². The van der Waals surface area contributed by atoms with Gasteiger partial charge in [-0.2, -0.15) is 0 Å². The van der Waals surface area contributed by atoms with Crippen molar-refractivity contribution in [3.05, 3.63) is 41.4 Å². The maximum atomic E-state index is 13.6. The van der Waals surface area contributed by atoms with Crippen LogP contribution in [0.4, 0.5) is 21.7 Å². The second-order valence-corrected chi connectivity index (χ2v) is 4.95. The first-order valence-electron chi connectivity index (χ1n) is 6.55. The Morgan fingerprint density at radius 2 is 2.10 bits per heavy atom. The molecule has 0 spiro atoms. The van der Waals surface area contributed by atoms with Gasteiger partial charge in [0, 0.05) is 20.1 Å². The number of nitrogens with zero attached hydrogens (tertiary/aromatic N) is 3. The topological polar surface area (TPSA) is 67.1 Å². The van der Waals surface area contributed by atoms with E-state index in [0.717, 1.165) is 6.42 Å². The fraction of sp³-hybridized carbons (Fsp3) is 0.286. The maximum absolute atomic E-state index is 13.6. The molecule has 0 radical (unpaired) electrons. The summed E-state index contributed by atoms with van der Waals surface area (Å²) in [6.07, 6.45) is 2.15. The summed E-state index contributed by atoms with van der Waals surface area (Å²) >= 11 is 5.98. The van der Waals surface area contributed by atoms with Crippen molar-refractivity contribution in [2.24, 2.45) is 0 Å². The van der Waals surface area contributed by atoms with E-state index in [2.05, 4.69) is 15.3 Å². The van der Waals surface area contributed by atoms with Gasteiger partial charge in [0.1, 0.15) is 28.8 Å². The van der Waals surface area contributed by atoms with Crippen LogP contribution >= 0.6 is 11.6 Å². The molecule has 0 aliphatic heterocycles. The first-order valence-corrected chi connectivity index (χ1v) is 6.93. The van der Waals surface area contributed by atoms with Crippen LogP contribution in [0.15, 0.2) is 30.6 Å². The zero-order valence-corrected chi connectivity index (χ0v) is 12.4. The zero-order valence-electron chi connectivity index (χ0n) is 11.7. The monoisotopic (exact) mass is 309 g/mol. The molecule has 5 nitrogen and oxygen atoms in total. The van der Waals surface area contributed by atoms with Crippen LogP contribution in [0, 0.1) is 5.82 Å². The molecule has 21 heavy (non-hydrogen) atoms. The van der Waals surface area contributed by atoms with Crippen LogP contribution < -0.4 is 16.0 Å². The third-order valence-corrected chi connectivity index (χ3v) is 3.42. The van der Waals surface area contributed by atoms with Crippen molar-refractivity contribution >= 4 is 28.9 Å². The summed E-state index contributed by atoms with van der Waals surface area (Å²) in [6.45, 7) is 1.35. The zero-order chi connectivity index (χ0) is 15.2. The van der Waals surface area contributed by atoms with Gasteiger partial charge < -0.3 is 16.0 Å². The minimum absolute atomic E-state index is 0.223. The van der Waals surface area contributed by atoms with Crippen molar-refractivity contribution < 1.29 is 4.39 Å². The van der Waals surface area contributed by atoms with Crippen molar-refractivity contribution in [2.45, 2.75) is 6.42 Å². The lowest BCUT2D eigenvalue weighted by Gasteiger charge is -2.20. The standard InChI is InChI=1S/C14H17ClFN5/c1-21(11-6-3-2-5-10(11)16)8-4-7-18-14-12(15)13(17)19-9-20-14/h2-3,5-6,9H,4,7-8H2,1H3,(H3,17,18,19,20). The van der Waals surface area contributed by atoms with E-state index in [4.69, 9.17) is 17.3 Å².